The molecule has 0 saturated carbocycles. The molecule has 17 heavy (non-hydrogen) atoms. The van der Waals surface area contributed by atoms with Gasteiger partial charge in [-0.3, -0.25) is 0 Å². The molecule has 0 aromatic rings. The molecule has 0 aromatic carbocycles. The Morgan fingerprint density at radius 2 is 1.00 bits per heavy atom. The molecule has 0 rings (SSSR count). The van der Waals surface area contributed by atoms with Crippen LogP contribution in [0.1, 0.15) is 79.1 Å². The van der Waals surface area contributed by atoms with Crippen LogP contribution in [0, 0.1) is 0 Å². The van der Waals surface area contributed by atoms with Crippen molar-refractivity contribution in [3.8, 4) is 0 Å². The zero-order valence-corrected chi connectivity index (χ0v) is 14.0. The third-order valence-corrected chi connectivity index (χ3v) is 10.4. The van der Waals surface area contributed by atoms with Crippen molar-refractivity contribution in [2.24, 2.45) is 0 Å². The van der Waals surface area contributed by atoms with E-state index in [9.17, 15) is 0 Å². The van der Waals surface area contributed by atoms with Gasteiger partial charge in [-0.25, -0.2) is 0 Å². The van der Waals surface area contributed by atoms with E-state index in [4.69, 9.17) is 0 Å². The van der Waals surface area contributed by atoms with E-state index in [1.54, 1.807) is 12.3 Å². The molecule has 106 valence electrons. The Kier molecular flexibility index (Phi) is 11.8. The zero-order chi connectivity index (χ0) is 13.0. The summed E-state index contributed by atoms with van der Waals surface area (Å²) in [4.78, 5) is 0. The van der Waals surface area contributed by atoms with Gasteiger partial charge in [0, 0.05) is 0 Å². The monoisotopic (exact) mass is 260 g/mol. The topological polar surface area (TPSA) is 0 Å². The van der Waals surface area contributed by atoms with E-state index < -0.39 is 7.26 Å². The summed E-state index contributed by atoms with van der Waals surface area (Å²) < 4.78 is 0. The second-order valence-electron chi connectivity index (χ2n) is 5.83. The average molecular weight is 260 g/mol. The van der Waals surface area contributed by atoms with Crippen LogP contribution in [0.2, 0.25) is 0 Å². The molecule has 0 nitrogen and oxygen atoms in total. The van der Waals surface area contributed by atoms with Crippen molar-refractivity contribution in [1.82, 2.24) is 0 Å². The third-order valence-electron chi connectivity index (χ3n) is 4.62. The Labute approximate surface area is 111 Å². The number of rotatable bonds is 12. The summed E-state index contributed by atoms with van der Waals surface area (Å²) >= 11 is 0. The van der Waals surface area contributed by atoms with Crippen molar-refractivity contribution in [1.29, 1.82) is 0 Å². The van der Waals surface area contributed by atoms with Crippen LogP contribution in [0.4, 0.5) is 0 Å². The van der Waals surface area contributed by atoms with Crippen LogP contribution in [0.3, 0.4) is 0 Å². The molecule has 0 unspecified atom stereocenters. The van der Waals surface area contributed by atoms with E-state index in [0.717, 1.165) is 0 Å². The van der Waals surface area contributed by atoms with Gasteiger partial charge in [0.1, 0.15) is 0 Å². The second-order valence-corrected chi connectivity index (χ2v) is 11.2. The Balaban J connectivity index is 3.75. The molecule has 0 bridgehead atoms. The SMILES string of the molecule is CCCCCCCC[PH](CC)(CC)CCCC. The molecule has 0 saturated heterocycles. The first-order valence-electron chi connectivity index (χ1n) is 8.24. The molecule has 0 fully saturated rings. The maximum atomic E-state index is 2.46. The van der Waals surface area contributed by atoms with Crippen LogP contribution < -0.4 is 0 Å². The molecule has 0 amide bonds. The van der Waals surface area contributed by atoms with Gasteiger partial charge in [0.15, 0.2) is 0 Å². The fraction of sp³-hybridized carbons (Fsp3) is 1.00. The van der Waals surface area contributed by atoms with Crippen LogP contribution in [0.25, 0.3) is 0 Å². The van der Waals surface area contributed by atoms with Crippen molar-refractivity contribution < 1.29 is 0 Å². The predicted molar refractivity (Wildman–Crippen MR) is 87.4 cm³/mol. The van der Waals surface area contributed by atoms with Gasteiger partial charge < -0.3 is 0 Å². The zero-order valence-electron chi connectivity index (χ0n) is 13.0. The number of hydrogen-bond acceptors (Lipinski definition) is 0. The van der Waals surface area contributed by atoms with Crippen LogP contribution in [0.15, 0.2) is 0 Å². The van der Waals surface area contributed by atoms with E-state index in [-0.39, 0.29) is 0 Å². The van der Waals surface area contributed by atoms with E-state index in [1.807, 2.05) is 0 Å². The molecule has 0 aliphatic heterocycles. The molecule has 0 aliphatic rings. The first kappa shape index (κ1) is 17.4. The maximum absolute atomic E-state index is 2.46. The van der Waals surface area contributed by atoms with Gasteiger partial charge in [-0.1, -0.05) is 0 Å². The van der Waals surface area contributed by atoms with Crippen LogP contribution in [-0.4, -0.2) is 24.6 Å². The Morgan fingerprint density at radius 1 is 0.529 bits per heavy atom. The quantitative estimate of drug-likeness (QED) is 0.301. The molecular weight excluding hydrogens is 223 g/mol. The first-order chi connectivity index (χ1) is 8.24. The van der Waals surface area contributed by atoms with Crippen molar-refractivity contribution in [2.75, 3.05) is 24.6 Å². The van der Waals surface area contributed by atoms with Gasteiger partial charge in [-0.05, 0) is 0 Å². The fourth-order valence-corrected chi connectivity index (χ4v) is 7.18. The van der Waals surface area contributed by atoms with Gasteiger partial charge in [0.2, 0.25) is 0 Å². The van der Waals surface area contributed by atoms with Crippen molar-refractivity contribution in [2.45, 2.75) is 79.1 Å². The Morgan fingerprint density at radius 3 is 1.53 bits per heavy atom. The summed E-state index contributed by atoms with van der Waals surface area (Å²) in [7, 11) is -0.833. The first-order valence-corrected chi connectivity index (χ1v) is 11.1. The summed E-state index contributed by atoms with van der Waals surface area (Å²) in [5, 5.41) is 0. The minimum atomic E-state index is -0.833. The van der Waals surface area contributed by atoms with Gasteiger partial charge in [0.25, 0.3) is 0 Å². The van der Waals surface area contributed by atoms with Gasteiger partial charge in [-0.2, -0.15) is 0 Å². The Hall–Kier alpha value is 0.430. The summed E-state index contributed by atoms with van der Waals surface area (Å²) in [6, 6.07) is 0. The van der Waals surface area contributed by atoms with Crippen molar-refractivity contribution in [3.05, 3.63) is 0 Å². The summed E-state index contributed by atoms with van der Waals surface area (Å²) in [6.45, 7) is 9.57. The van der Waals surface area contributed by atoms with Gasteiger partial charge >= 0.3 is 111 Å². The molecular formula is C16H37P. The van der Waals surface area contributed by atoms with Crippen LogP contribution in [0.5, 0.6) is 0 Å². The summed E-state index contributed by atoms with van der Waals surface area (Å²) in [5.41, 5.74) is 0. The normalized spacial score (nSPS) is 12.9. The molecule has 0 N–H and O–H groups in total. The molecule has 0 atom stereocenters. The van der Waals surface area contributed by atoms with E-state index in [2.05, 4.69) is 27.7 Å². The second kappa shape index (κ2) is 11.5. The van der Waals surface area contributed by atoms with E-state index >= 15 is 0 Å². The average Bonchev–Trinajstić information content (AvgIpc) is 2.38. The Bertz CT molecular complexity index is 150. The predicted octanol–water partition coefficient (Wildman–Crippen LogP) is 5.94. The fourth-order valence-electron chi connectivity index (χ4n) is 2.91. The molecule has 0 spiro atoms. The van der Waals surface area contributed by atoms with E-state index in [0.29, 0.717) is 0 Å². The number of unbranched alkanes of at least 4 members (excludes halogenated alkanes) is 6. The molecule has 0 radical (unpaired) electrons. The van der Waals surface area contributed by atoms with Crippen molar-refractivity contribution in [3.63, 3.8) is 0 Å². The number of hydrogen-bond donors (Lipinski definition) is 0. The minimum absolute atomic E-state index is 0.833. The molecule has 0 aliphatic carbocycles. The molecule has 0 heterocycles. The molecule has 0 aromatic heterocycles. The van der Waals surface area contributed by atoms with Crippen molar-refractivity contribution >= 4 is 7.26 Å². The van der Waals surface area contributed by atoms with Gasteiger partial charge in [0.05, 0.1) is 0 Å². The standard InChI is InChI=1S/C16H37P/c1-5-9-11-12-13-14-16-17(7-3,8-4)15-10-6-2/h17H,5-16H2,1-4H3. The van der Waals surface area contributed by atoms with Crippen LogP contribution >= 0.6 is 7.26 Å². The van der Waals surface area contributed by atoms with Gasteiger partial charge in [-0.15, -0.1) is 0 Å². The van der Waals surface area contributed by atoms with E-state index in [1.165, 1.54) is 63.7 Å². The third kappa shape index (κ3) is 8.20. The van der Waals surface area contributed by atoms with Crippen LogP contribution in [-0.2, 0) is 0 Å². The summed E-state index contributed by atoms with van der Waals surface area (Å²) in [6.07, 6.45) is 18.0. The summed E-state index contributed by atoms with van der Waals surface area (Å²) in [5.74, 6) is 0. The molecule has 1 heteroatoms.